The van der Waals surface area contributed by atoms with E-state index in [0.29, 0.717) is 11.5 Å². The average molecular weight is 375 g/mol. The van der Waals surface area contributed by atoms with Crippen molar-refractivity contribution in [3.8, 4) is 0 Å². The molecule has 4 rings (SSSR count). The largest absolute Gasteiger partial charge is 0.0877 e. The number of rotatable bonds is 4. The minimum absolute atomic E-state index is 0.600. The highest BCUT2D eigenvalue weighted by Crippen LogP contribution is 2.50. The maximum Gasteiger partial charge on any atom is 0.0877 e. The average Bonchev–Trinajstić information content (AvgIpc) is 3.16. The molecular weight excluding hydrogens is 344 g/mol. The van der Waals surface area contributed by atoms with Crippen molar-refractivity contribution in [2.24, 2.45) is 0 Å². The molecule has 0 fully saturated rings. The molecule has 0 saturated heterocycles. The van der Waals surface area contributed by atoms with Crippen LogP contribution in [0.2, 0.25) is 38.8 Å². The summed E-state index contributed by atoms with van der Waals surface area (Å²) < 4.78 is 0. The molecule has 0 spiro atoms. The predicted molar refractivity (Wildman–Crippen MR) is 121 cm³/mol. The fourth-order valence-corrected chi connectivity index (χ4v) is 10.4. The van der Waals surface area contributed by atoms with Gasteiger partial charge in [-0.2, -0.15) is 0 Å². The highest BCUT2D eigenvalue weighted by molar-refractivity contribution is 6.87. The summed E-state index contributed by atoms with van der Waals surface area (Å²) in [6, 6.07) is 19.5. The zero-order valence-electron chi connectivity index (χ0n) is 16.7. The Balaban J connectivity index is 1.77. The van der Waals surface area contributed by atoms with Crippen LogP contribution >= 0.6 is 0 Å². The van der Waals surface area contributed by atoms with Gasteiger partial charge in [-0.15, -0.1) is 0 Å². The molecule has 134 valence electrons. The monoisotopic (exact) mass is 374 g/mol. The van der Waals surface area contributed by atoms with Gasteiger partial charge in [0.25, 0.3) is 0 Å². The van der Waals surface area contributed by atoms with Crippen molar-refractivity contribution in [3.05, 3.63) is 82.1 Å². The first kappa shape index (κ1) is 17.8. The SMILES string of the molecule is C[Si](C)(C)CC1C([Si](C)(C)C2C=Cc3ccccc32)=Cc2ccccc21. The van der Waals surface area contributed by atoms with Gasteiger partial charge in [0, 0.05) is 13.6 Å². The van der Waals surface area contributed by atoms with Crippen LogP contribution in [0.3, 0.4) is 0 Å². The molecule has 0 aliphatic heterocycles. The van der Waals surface area contributed by atoms with Crippen molar-refractivity contribution < 1.29 is 0 Å². The van der Waals surface area contributed by atoms with E-state index in [0.717, 1.165) is 0 Å². The van der Waals surface area contributed by atoms with E-state index in [1.165, 1.54) is 17.2 Å². The molecule has 2 aliphatic rings. The molecule has 26 heavy (non-hydrogen) atoms. The molecule has 0 nitrogen and oxygen atoms in total. The van der Waals surface area contributed by atoms with Crippen molar-refractivity contribution in [3.63, 3.8) is 0 Å². The molecule has 2 atom stereocenters. The van der Waals surface area contributed by atoms with Gasteiger partial charge in [0.05, 0.1) is 8.07 Å². The lowest BCUT2D eigenvalue weighted by Crippen LogP contribution is -2.39. The number of hydrogen-bond donors (Lipinski definition) is 0. The molecule has 0 aromatic heterocycles. The predicted octanol–water partition coefficient (Wildman–Crippen LogP) is 7.10. The second-order valence-corrected chi connectivity index (χ2v) is 19.9. The second kappa shape index (κ2) is 6.21. The van der Waals surface area contributed by atoms with Crippen molar-refractivity contribution in [1.82, 2.24) is 0 Å². The van der Waals surface area contributed by atoms with E-state index in [4.69, 9.17) is 0 Å². The molecular formula is C24H30Si2. The number of fused-ring (bicyclic) bond motifs is 2. The van der Waals surface area contributed by atoms with Crippen LogP contribution in [0.25, 0.3) is 12.2 Å². The fourth-order valence-electron chi connectivity index (χ4n) is 4.92. The fraction of sp³-hybridized carbons (Fsp3) is 0.333. The summed E-state index contributed by atoms with van der Waals surface area (Å²) in [6.45, 7) is 12.7. The van der Waals surface area contributed by atoms with E-state index in [1.54, 1.807) is 16.3 Å². The molecule has 2 aromatic carbocycles. The van der Waals surface area contributed by atoms with Crippen LogP contribution in [-0.2, 0) is 0 Å². The van der Waals surface area contributed by atoms with Crippen LogP contribution < -0.4 is 0 Å². The minimum atomic E-state index is -1.65. The second-order valence-electron chi connectivity index (χ2n) is 9.73. The zero-order chi connectivity index (χ0) is 18.5. The van der Waals surface area contributed by atoms with Crippen LogP contribution in [0, 0.1) is 0 Å². The summed E-state index contributed by atoms with van der Waals surface area (Å²) in [4.78, 5) is 0. The van der Waals surface area contributed by atoms with Crippen LogP contribution in [0.15, 0.2) is 59.8 Å². The topological polar surface area (TPSA) is 0 Å². The van der Waals surface area contributed by atoms with Gasteiger partial charge in [-0.1, -0.05) is 105 Å². The molecule has 2 unspecified atom stereocenters. The molecule has 2 heteroatoms. The van der Waals surface area contributed by atoms with Gasteiger partial charge in [-0.25, -0.2) is 0 Å². The molecule has 0 heterocycles. The normalized spacial score (nSPS) is 21.5. The Morgan fingerprint density at radius 1 is 0.769 bits per heavy atom. The summed E-state index contributed by atoms with van der Waals surface area (Å²) >= 11 is 0. The third kappa shape index (κ3) is 2.99. The van der Waals surface area contributed by atoms with Crippen LogP contribution in [0.5, 0.6) is 0 Å². The van der Waals surface area contributed by atoms with Gasteiger partial charge in [0.2, 0.25) is 0 Å². The van der Waals surface area contributed by atoms with Crippen molar-refractivity contribution >= 4 is 28.3 Å². The van der Waals surface area contributed by atoms with E-state index < -0.39 is 16.1 Å². The minimum Gasteiger partial charge on any atom is -0.0788 e. The van der Waals surface area contributed by atoms with E-state index in [2.05, 4.69) is 99.5 Å². The lowest BCUT2D eigenvalue weighted by atomic mass is 10.0. The van der Waals surface area contributed by atoms with Gasteiger partial charge in [-0.05, 0) is 34.2 Å². The lowest BCUT2D eigenvalue weighted by Gasteiger charge is -2.36. The molecule has 0 N–H and O–H groups in total. The Hall–Kier alpha value is -1.65. The van der Waals surface area contributed by atoms with Gasteiger partial charge in [0.1, 0.15) is 0 Å². The molecule has 2 aromatic rings. The third-order valence-corrected chi connectivity index (χ3v) is 11.9. The summed E-state index contributed by atoms with van der Waals surface area (Å²) in [5.41, 5.74) is 6.63. The molecule has 0 bridgehead atoms. The van der Waals surface area contributed by atoms with Crippen molar-refractivity contribution in [2.75, 3.05) is 0 Å². The first-order valence-electron chi connectivity index (χ1n) is 9.85. The number of allylic oxidation sites excluding steroid dienone is 2. The van der Waals surface area contributed by atoms with Crippen LogP contribution in [0.1, 0.15) is 33.7 Å². The van der Waals surface area contributed by atoms with E-state index in [-0.39, 0.29) is 0 Å². The maximum atomic E-state index is 2.60. The molecule has 0 radical (unpaired) electrons. The number of benzene rings is 2. The van der Waals surface area contributed by atoms with Crippen molar-refractivity contribution in [1.29, 1.82) is 0 Å². The Morgan fingerprint density at radius 3 is 2.08 bits per heavy atom. The highest BCUT2D eigenvalue weighted by atomic mass is 28.3. The lowest BCUT2D eigenvalue weighted by molar-refractivity contribution is 0.921. The molecule has 0 saturated carbocycles. The standard InChI is InChI=1S/C24H30Si2/c1-25(2,3)17-22-20-12-8-7-11-19(20)16-24(22)26(4,5)23-15-14-18-10-6-9-13-21(18)23/h6-16,22-23H,17H2,1-5H3. The maximum absolute atomic E-state index is 2.60. The van der Waals surface area contributed by atoms with Gasteiger partial charge < -0.3 is 0 Å². The smallest absolute Gasteiger partial charge is 0.0788 e. The Bertz CT molecular complexity index is 896. The van der Waals surface area contributed by atoms with Gasteiger partial charge in [-0.3, -0.25) is 0 Å². The Kier molecular flexibility index (Phi) is 4.24. The van der Waals surface area contributed by atoms with Gasteiger partial charge in [0.15, 0.2) is 0 Å². The Morgan fingerprint density at radius 2 is 1.38 bits per heavy atom. The highest BCUT2D eigenvalue weighted by Gasteiger charge is 2.43. The van der Waals surface area contributed by atoms with Crippen LogP contribution in [0.4, 0.5) is 0 Å². The quantitative estimate of drug-likeness (QED) is 0.500. The third-order valence-electron chi connectivity index (χ3n) is 6.20. The number of hydrogen-bond acceptors (Lipinski definition) is 0. The van der Waals surface area contributed by atoms with E-state index in [1.807, 2.05) is 0 Å². The first-order valence-corrected chi connectivity index (χ1v) is 16.6. The summed E-state index contributed by atoms with van der Waals surface area (Å²) in [6.07, 6.45) is 7.42. The molecule has 0 amide bonds. The van der Waals surface area contributed by atoms with Crippen molar-refractivity contribution in [2.45, 2.75) is 50.2 Å². The Labute approximate surface area is 160 Å². The zero-order valence-corrected chi connectivity index (χ0v) is 18.7. The van der Waals surface area contributed by atoms with Crippen LogP contribution in [-0.4, -0.2) is 16.1 Å². The van der Waals surface area contributed by atoms with E-state index in [9.17, 15) is 0 Å². The van der Waals surface area contributed by atoms with Gasteiger partial charge >= 0.3 is 0 Å². The summed E-state index contributed by atoms with van der Waals surface area (Å²) in [5, 5.41) is 1.77. The first-order chi connectivity index (χ1) is 12.3. The molecule has 2 aliphatic carbocycles. The summed E-state index contributed by atoms with van der Waals surface area (Å²) in [5.74, 6) is 0.640. The summed E-state index contributed by atoms with van der Waals surface area (Å²) in [7, 11) is -2.81. The van der Waals surface area contributed by atoms with E-state index >= 15 is 0 Å².